The molecule has 0 aromatic carbocycles. The van der Waals surface area contributed by atoms with Gasteiger partial charge in [-0.05, 0) is 55.0 Å². The summed E-state index contributed by atoms with van der Waals surface area (Å²) < 4.78 is 3.39. The Balaban J connectivity index is 2.19. The van der Waals surface area contributed by atoms with Crippen molar-refractivity contribution in [1.82, 2.24) is 14.7 Å². The summed E-state index contributed by atoms with van der Waals surface area (Å²) in [5.74, 6) is 0.818. The van der Waals surface area contributed by atoms with Gasteiger partial charge in [-0.3, -0.25) is 9.58 Å². The fourth-order valence-electron chi connectivity index (χ4n) is 2.96. The van der Waals surface area contributed by atoms with Gasteiger partial charge in [0.05, 0.1) is 15.9 Å². The number of piperidine rings is 1. The van der Waals surface area contributed by atoms with Gasteiger partial charge < -0.3 is 0 Å². The Kier molecular flexibility index (Phi) is 5.07. The molecule has 0 N–H and O–H groups in total. The Labute approximate surface area is 125 Å². The molecule has 2 heterocycles. The fourth-order valence-corrected chi connectivity index (χ4v) is 3.65. The van der Waals surface area contributed by atoms with E-state index in [-0.39, 0.29) is 0 Å². The molecular weight excluding hydrogens is 302 g/mol. The van der Waals surface area contributed by atoms with E-state index >= 15 is 0 Å². The van der Waals surface area contributed by atoms with Gasteiger partial charge in [-0.1, -0.05) is 13.8 Å². The van der Waals surface area contributed by atoms with Crippen molar-refractivity contribution in [1.29, 1.82) is 0 Å². The van der Waals surface area contributed by atoms with Gasteiger partial charge in [0, 0.05) is 25.7 Å². The van der Waals surface area contributed by atoms with E-state index in [0.29, 0.717) is 6.04 Å². The van der Waals surface area contributed by atoms with Gasteiger partial charge in [0.2, 0.25) is 0 Å². The van der Waals surface area contributed by atoms with Gasteiger partial charge in [0.1, 0.15) is 0 Å². The van der Waals surface area contributed by atoms with Crippen LogP contribution < -0.4 is 0 Å². The average molecular weight is 328 g/mol. The molecule has 0 spiro atoms. The third kappa shape index (κ3) is 3.22. The molecule has 0 bridgehead atoms. The molecule has 1 fully saturated rings. The molecule has 1 aromatic heterocycles. The van der Waals surface area contributed by atoms with E-state index in [9.17, 15) is 0 Å². The normalized spacial score (nSPS) is 24.9. The second kappa shape index (κ2) is 6.40. The first-order valence-electron chi connectivity index (χ1n) is 7.54. The van der Waals surface area contributed by atoms with Crippen LogP contribution in [-0.2, 0) is 19.5 Å². The molecule has 1 saturated heterocycles. The van der Waals surface area contributed by atoms with Crippen molar-refractivity contribution in [2.45, 2.75) is 66.1 Å². The second-order valence-electron chi connectivity index (χ2n) is 5.84. The summed E-state index contributed by atoms with van der Waals surface area (Å²) >= 11 is 3.75. The zero-order valence-electron chi connectivity index (χ0n) is 12.6. The van der Waals surface area contributed by atoms with Crippen molar-refractivity contribution in [3.05, 3.63) is 15.9 Å². The summed E-state index contributed by atoms with van der Waals surface area (Å²) in [7, 11) is 0. The summed E-state index contributed by atoms with van der Waals surface area (Å²) in [5.41, 5.74) is 2.54. The highest BCUT2D eigenvalue weighted by atomic mass is 79.9. The molecule has 2 rings (SSSR count). The first-order chi connectivity index (χ1) is 9.06. The van der Waals surface area contributed by atoms with E-state index in [1.807, 2.05) is 0 Å². The summed E-state index contributed by atoms with van der Waals surface area (Å²) in [6, 6.07) is 0.688. The van der Waals surface area contributed by atoms with Crippen LogP contribution in [0.4, 0.5) is 0 Å². The molecule has 0 saturated carbocycles. The Morgan fingerprint density at radius 3 is 2.63 bits per heavy atom. The minimum Gasteiger partial charge on any atom is -0.295 e. The zero-order chi connectivity index (χ0) is 14.0. The minimum atomic E-state index is 0.688. The smallest absolute Gasteiger partial charge is 0.0767 e. The number of nitrogens with zero attached hydrogens (tertiary/aromatic N) is 3. The second-order valence-corrected chi connectivity index (χ2v) is 6.63. The number of hydrogen-bond donors (Lipinski definition) is 0. The van der Waals surface area contributed by atoms with Gasteiger partial charge >= 0.3 is 0 Å². The van der Waals surface area contributed by atoms with Crippen LogP contribution in [0.3, 0.4) is 0 Å². The summed E-state index contributed by atoms with van der Waals surface area (Å²) in [6.07, 6.45) is 3.68. The topological polar surface area (TPSA) is 21.1 Å². The highest BCUT2D eigenvalue weighted by Crippen LogP contribution is 2.28. The van der Waals surface area contributed by atoms with Gasteiger partial charge in [0.15, 0.2) is 0 Å². The highest BCUT2D eigenvalue weighted by molar-refractivity contribution is 9.10. The maximum atomic E-state index is 4.70. The van der Waals surface area contributed by atoms with Crippen molar-refractivity contribution in [2.75, 3.05) is 6.54 Å². The minimum absolute atomic E-state index is 0.688. The summed E-state index contributed by atoms with van der Waals surface area (Å²) in [4.78, 5) is 2.61. The van der Waals surface area contributed by atoms with Crippen LogP contribution in [0.15, 0.2) is 4.47 Å². The van der Waals surface area contributed by atoms with Crippen molar-refractivity contribution >= 4 is 15.9 Å². The van der Waals surface area contributed by atoms with Crippen molar-refractivity contribution < 1.29 is 0 Å². The monoisotopic (exact) mass is 327 g/mol. The lowest BCUT2D eigenvalue weighted by atomic mass is 9.95. The number of hydrogen-bond acceptors (Lipinski definition) is 2. The summed E-state index contributed by atoms with van der Waals surface area (Å²) in [6.45, 7) is 12.2. The van der Waals surface area contributed by atoms with E-state index in [4.69, 9.17) is 5.10 Å². The first kappa shape index (κ1) is 15.0. The molecule has 2 unspecified atom stereocenters. The molecule has 1 aliphatic rings. The Hall–Kier alpha value is -0.350. The van der Waals surface area contributed by atoms with Crippen molar-refractivity contribution in [3.8, 4) is 0 Å². The lowest BCUT2D eigenvalue weighted by Gasteiger charge is -2.36. The molecule has 1 aromatic rings. The van der Waals surface area contributed by atoms with Crippen molar-refractivity contribution in [3.63, 3.8) is 0 Å². The van der Waals surface area contributed by atoms with Gasteiger partial charge in [0.25, 0.3) is 0 Å². The molecule has 0 amide bonds. The SMILES string of the molecule is CCc1nn(CC)c(CN2CC(C)CCC2C)c1Br. The molecule has 3 nitrogen and oxygen atoms in total. The van der Waals surface area contributed by atoms with E-state index in [1.54, 1.807) is 0 Å². The van der Waals surface area contributed by atoms with E-state index < -0.39 is 0 Å². The standard InChI is InChI=1S/C15H26BrN3/c1-5-13-15(16)14(19(6-2)17-13)10-18-9-11(3)7-8-12(18)4/h11-12H,5-10H2,1-4H3. The van der Waals surface area contributed by atoms with Crippen LogP contribution in [0, 0.1) is 5.92 Å². The molecular formula is C15H26BrN3. The van der Waals surface area contributed by atoms with Crippen LogP contribution in [0.1, 0.15) is 51.9 Å². The highest BCUT2D eigenvalue weighted by Gasteiger charge is 2.25. The first-order valence-corrected chi connectivity index (χ1v) is 8.34. The summed E-state index contributed by atoms with van der Waals surface area (Å²) in [5, 5.41) is 4.70. The van der Waals surface area contributed by atoms with Crippen molar-refractivity contribution in [2.24, 2.45) is 5.92 Å². The third-order valence-electron chi connectivity index (χ3n) is 4.29. The lowest BCUT2D eigenvalue weighted by molar-refractivity contribution is 0.114. The number of aryl methyl sites for hydroxylation is 2. The predicted octanol–water partition coefficient (Wildman–Crippen LogP) is 3.85. The molecule has 108 valence electrons. The fraction of sp³-hybridized carbons (Fsp3) is 0.800. The lowest BCUT2D eigenvalue weighted by Crippen LogP contribution is -2.40. The Bertz CT molecular complexity index is 427. The maximum Gasteiger partial charge on any atom is 0.0767 e. The molecule has 0 aliphatic carbocycles. The molecule has 4 heteroatoms. The van der Waals surface area contributed by atoms with Gasteiger partial charge in [-0.2, -0.15) is 5.10 Å². The largest absolute Gasteiger partial charge is 0.295 e. The molecule has 19 heavy (non-hydrogen) atoms. The Morgan fingerprint density at radius 2 is 2.00 bits per heavy atom. The van der Waals surface area contributed by atoms with Crippen LogP contribution >= 0.6 is 15.9 Å². The molecule has 0 radical (unpaired) electrons. The third-order valence-corrected chi connectivity index (χ3v) is 5.21. The average Bonchev–Trinajstić information content (AvgIpc) is 2.70. The van der Waals surface area contributed by atoms with E-state index in [2.05, 4.69) is 53.2 Å². The van der Waals surface area contributed by atoms with Crippen LogP contribution in [0.5, 0.6) is 0 Å². The number of rotatable bonds is 4. The number of aromatic nitrogens is 2. The van der Waals surface area contributed by atoms with Gasteiger partial charge in [-0.15, -0.1) is 0 Å². The zero-order valence-corrected chi connectivity index (χ0v) is 14.2. The van der Waals surface area contributed by atoms with Gasteiger partial charge in [-0.25, -0.2) is 0 Å². The quantitative estimate of drug-likeness (QED) is 0.837. The van der Waals surface area contributed by atoms with Crippen LogP contribution in [0.2, 0.25) is 0 Å². The van der Waals surface area contributed by atoms with E-state index in [0.717, 1.165) is 25.4 Å². The van der Waals surface area contributed by atoms with E-state index in [1.165, 1.54) is 35.2 Å². The predicted molar refractivity (Wildman–Crippen MR) is 83.2 cm³/mol. The van der Waals surface area contributed by atoms with Crippen LogP contribution in [-0.4, -0.2) is 27.3 Å². The molecule has 2 atom stereocenters. The Morgan fingerprint density at radius 1 is 1.26 bits per heavy atom. The number of halogens is 1. The molecule has 1 aliphatic heterocycles. The maximum absolute atomic E-state index is 4.70. The number of likely N-dealkylation sites (tertiary alicyclic amines) is 1. The van der Waals surface area contributed by atoms with Crippen LogP contribution in [0.25, 0.3) is 0 Å².